The van der Waals surface area contributed by atoms with Crippen molar-refractivity contribution in [2.45, 2.75) is 37.2 Å². The maximum atomic E-state index is 12.2. The van der Waals surface area contributed by atoms with Gasteiger partial charge in [-0.2, -0.15) is 0 Å². The first kappa shape index (κ1) is 20.1. The van der Waals surface area contributed by atoms with Crippen molar-refractivity contribution in [3.63, 3.8) is 0 Å². The van der Waals surface area contributed by atoms with Crippen molar-refractivity contribution in [1.29, 1.82) is 0 Å². The maximum absolute atomic E-state index is 12.2. The average molecular weight is 358 g/mol. The summed E-state index contributed by atoms with van der Waals surface area (Å²) in [6, 6.07) is 4.02. The molecule has 0 aliphatic carbocycles. The van der Waals surface area contributed by atoms with E-state index in [0.717, 1.165) is 0 Å². The van der Waals surface area contributed by atoms with Crippen molar-refractivity contribution in [2.24, 2.45) is 0 Å². The molecule has 1 unspecified atom stereocenters. The number of nitrogens with one attached hydrogen (secondary N) is 2. The molecule has 0 aliphatic heterocycles. The van der Waals surface area contributed by atoms with Gasteiger partial charge in [0.25, 0.3) is 5.91 Å². The second kappa shape index (κ2) is 7.73. The predicted molar refractivity (Wildman–Crippen MR) is 87.3 cm³/mol. The zero-order valence-corrected chi connectivity index (χ0v) is 14.8. The van der Waals surface area contributed by atoms with E-state index >= 15 is 0 Å². The van der Waals surface area contributed by atoms with Gasteiger partial charge < -0.3 is 15.2 Å². The van der Waals surface area contributed by atoms with Gasteiger partial charge in [0.2, 0.25) is 10.0 Å². The normalized spacial score (nSPS) is 13.3. The van der Waals surface area contributed by atoms with Gasteiger partial charge in [-0.25, -0.2) is 17.9 Å². The monoisotopic (exact) mass is 358 g/mol. The minimum atomic E-state index is -3.70. The Morgan fingerprint density at radius 3 is 2.17 bits per heavy atom. The molecule has 24 heavy (non-hydrogen) atoms. The number of hydrogen-bond acceptors (Lipinski definition) is 5. The van der Waals surface area contributed by atoms with Gasteiger partial charge >= 0.3 is 5.97 Å². The fraction of sp³-hybridized carbons (Fsp3) is 0.467. The lowest BCUT2D eigenvalue weighted by molar-refractivity contribution is -0.140. The van der Waals surface area contributed by atoms with E-state index < -0.39 is 33.5 Å². The van der Waals surface area contributed by atoms with Crippen LogP contribution in [0.4, 0.5) is 0 Å². The van der Waals surface area contributed by atoms with Crippen molar-refractivity contribution in [2.75, 3.05) is 13.7 Å². The molecule has 0 heterocycles. The van der Waals surface area contributed by atoms with Gasteiger partial charge in [-0.3, -0.25) is 4.79 Å². The van der Waals surface area contributed by atoms with E-state index in [1.54, 1.807) is 20.8 Å². The van der Waals surface area contributed by atoms with Crippen LogP contribution in [-0.4, -0.2) is 50.7 Å². The van der Waals surface area contributed by atoms with Gasteiger partial charge in [0.15, 0.2) is 6.04 Å². The Kier molecular flexibility index (Phi) is 6.47. The number of carbonyl (C=O) groups excluding carboxylic acids is 1. The molecule has 1 aromatic rings. The summed E-state index contributed by atoms with van der Waals surface area (Å²) in [6.07, 6.45) is 0. The van der Waals surface area contributed by atoms with E-state index in [9.17, 15) is 18.0 Å². The maximum Gasteiger partial charge on any atom is 0.328 e. The summed E-state index contributed by atoms with van der Waals surface area (Å²) >= 11 is 0. The molecule has 0 aromatic heterocycles. The molecule has 0 saturated carbocycles. The minimum Gasteiger partial charge on any atom is -0.480 e. The molecule has 0 bridgehead atoms. The predicted octanol–water partition coefficient (Wildman–Crippen LogP) is 0.593. The van der Waals surface area contributed by atoms with Crippen molar-refractivity contribution in [3.05, 3.63) is 29.8 Å². The minimum absolute atomic E-state index is 0.0145. The number of carboxylic acids is 1. The van der Waals surface area contributed by atoms with Gasteiger partial charge in [0, 0.05) is 18.2 Å². The average Bonchev–Trinajstić information content (AvgIpc) is 2.44. The lowest BCUT2D eigenvalue weighted by atomic mass is 10.1. The first-order chi connectivity index (χ1) is 11.0. The van der Waals surface area contributed by atoms with Crippen molar-refractivity contribution in [3.8, 4) is 0 Å². The summed E-state index contributed by atoms with van der Waals surface area (Å²) in [5, 5.41) is 11.3. The van der Waals surface area contributed by atoms with E-state index in [4.69, 9.17) is 9.84 Å². The number of methoxy groups -OCH3 is 1. The molecule has 0 spiro atoms. The third-order valence-corrected chi connectivity index (χ3v) is 4.58. The Morgan fingerprint density at radius 2 is 1.75 bits per heavy atom. The largest absolute Gasteiger partial charge is 0.480 e. The number of ether oxygens (including phenoxy) is 1. The Labute approximate surface area is 141 Å². The van der Waals surface area contributed by atoms with Crippen LogP contribution >= 0.6 is 0 Å². The van der Waals surface area contributed by atoms with E-state index in [1.165, 1.54) is 31.4 Å². The van der Waals surface area contributed by atoms with E-state index in [0.29, 0.717) is 0 Å². The van der Waals surface area contributed by atoms with Crippen LogP contribution in [0.3, 0.4) is 0 Å². The number of sulfonamides is 1. The Hall–Kier alpha value is -1.97. The van der Waals surface area contributed by atoms with Crippen molar-refractivity contribution in [1.82, 2.24) is 10.0 Å². The highest BCUT2D eigenvalue weighted by Gasteiger charge is 2.23. The molecule has 0 aliphatic rings. The molecule has 1 aromatic carbocycles. The molecular weight excluding hydrogens is 336 g/mol. The molecule has 1 rings (SSSR count). The van der Waals surface area contributed by atoms with Crippen LogP contribution < -0.4 is 10.0 Å². The lowest BCUT2D eigenvalue weighted by Crippen LogP contribution is -2.43. The van der Waals surface area contributed by atoms with Gasteiger partial charge in [0.1, 0.15) is 0 Å². The highest BCUT2D eigenvalue weighted by atomic mass is 32.2. The lowest BCUT2D eigenvalue weighted by Gasteiger charge is -2.20. The number of aliphatic carboxylic acids is 1. The molecule has 134 valence electrons. The van der Waals surface area contributed by atoms with Crippen LogP contribution in [-0.2, 0) is 19.6 Å². The van der Waals surface area contributed by atoms with Gasteiger partial charge in [-0.1, -0.05) is 0 Å². The second-order valence-corrected chi connectivity index (χ2v) is 7.88. The molecule has 9 heteroatoms. The summed E-state index contributed by atoms with van der Waals surface area (Å²) in [4.78, 5) is 23.0. The van der Waals surface area contributed by atoms with Crippen LogP contribution in [0, 0.1) is 0 Å². The first-order valence-corrected chi connectivity index (χ1v) is 8.61. The number of carboxylic acid groups (broad SMARTS) is 1. The SMILES string of the molecule is COCC(NC(=O)c1ccc(S(=O)(=O)NC(C)(C)C)cc1)C(=O)O. The first-order valence-electron chi connectivity index (χ1n) is 7.13. The summed E-state index contributed by atoms with van der Waals surface area (Å²) in [5.41, 5.74) is -0.490. The van der Waals surface area contributed by atoms with Gasteiger partial charge in [0.05, 0.1) is 11.5 Å². The van der Waals surface area contributed by atoms with Crippen molar-refractivity contribution >= 4 is 21.9 Å². The van der Waals surface area contributed by atoms with Crippen LogP contribution in [0.25, 0.3) is 0 Å². The standard InChI is InChI=1S/C15H22N2O6S/c1-15(2,3)17-24(21,22)11-7-5-10(6-8-11)13(18)16-12(9-23-4)14(19)20/h5-8,12,17H,9H2,1-4H3,(H,16,18)(H,19,20). The highest BCUT2D eigenvalue weighted by Crippen LogP contribution is 2.14. The van der Waals surface area contributed by atoms with Crippen LogP contribution in [0.1, 0.15) is 31.1 Å². The molecular formula is C15H22N2O6S. The summed E-state index contributed by atoms with van der Waals surface area (Å²) in [5.74, 6) is -1.86. The number of benzene rings is 1. The summed E-state index contributed by atoms with van der Waals surface area (Å²) < 4.78 is 31.6. The molecule has 0 radical (unpaired) electrons. The zero-order chi connectivity index (χ0) is 18.5. The van der Waals surface area contributed by atoms with Crippen molar-refractivity contribution < 1.29 is 27.9 Å². The summed E-state index contributed by atoms with van der Waals surface area (Å²) in [7, 11) is -2.38. The van der Waals surface area contributed by atoms with Gasteiger partial charge in [-0.05, 0) is 45.0 Å². The Bertz CT molecular complexity index is 692. The van der Waals surface area contributed by atoms with E-state index in [1.807, 2.05) is 0 Å². The number of amides is 1. The van der Waals surface area contributed by atoms with Crippen LogP contribution in [0.5, 0.6) is 0 Å². The number of hydrogen-bond donors (Lipinski definition) is 3. The fourth-order valence-corrected chi connectivity index (χ4v) is 3.25. The topological polar surface area (TPSA) is 122 Å². The third kappa shape index (κ3) is 5.91. The molecule has 1 amide bonds. The molecule has 0 saturated heterocycles. The zero-order valence-electron chi connectivity index (χ0n) is 14.0. The van der Waals surface area contributed by atoms with E-state index in [2.05, 4.69) is 10.0 Å². The molecule has 0 fully saturated rings. The molecule has 1 atom stereocenters. The summed E-state index contributed by atoms with van der Waals surface area (Å²) in [6.45, 7) is 4.97. The quantitative estimate of drug-likeness (QED) is 0.656. The second-order valence-electron chi connectivity index (χ2n) is 6.20. The van der Waals surface area contributed by atoms with Crippen LogP contribution in [0.15, 0.2) is 29.2 Å². The molecule has 8 nitrogen and oxygen atoms in total. The van der Waals surface area contributed by atoms with Crippen LogP contribution in [0.2, 0.25) is 0 Å². The smallest absolute Gasteiger partial charge is 0.328 e. The fourth-order valence-electron chi connectivity index (χ4n) is 1.83. The number of carbonyl (C=O) groups is 2. The van der Waals surface area contributed by atoms with Gasteiger partial charge in [-0.15, -0.1) is 0 Å². The number of rotatable bonds is 7. The Balaban J connectivity index is 2.91. The Morgan fingerprint density at radius 1 is 1.21 bits per heavy atom. The third-order valence-electron chi connectivity index (χ3n) is 2.80. The highest BCUT2D eigenvalue weighted by molar-refractivity contribution is 7.89. The van der Waals surface area contributed by atoms with E-state index in [-0.39, 0.29) is 17.1 Å². The molecule has 3 N–H and O–H groups in total.